The first-order valence-corrected chi connectivity index (χ1v) is 10.8. The molecule has 3 N–H and O–H groups in total. The molecule has 7 nitrogen and oxygen atoms in total. The lowest BCUT2D eigenvalue weighted by Crippen LogP contribution is -2.55. The maximum absolute atomic E-state index is 13.1. The predicted octanol–water partition coefficient (Wildman–Crippen LogP) is 3.02. The fraction of sp³-hybridized carbons (Fsp3) is 0.238. The van der Waals surface area contributed by atoms with Crippen molar-refractivity contribution in [3.8, 4) is 0 Å². The number of hydrogen-bond acceptors (Lipinski definition) is 7. The van der Waals surface area contributed by atoms with Gasteiger partial charge >= 0.3 is 0 Å². The van der Waals surface area contributed by atoms with E-state index >= 15 is 0 Å². The summed E-state index contributed by atoms with van der Waals surface area (Å²) in [5.41, 5.74) is 8.59. The van der Waals surface area contributed by atoms with Gasteiger partial charge in [-0.3, -0.25) is 4.79 Å². The molecule has 0 radical (unpaired) electrons. The Kier molecular flexibility index (Phi) is 4.98. The van der Waals surface area contributed by atoms with Crippen LogP contribution in [0.4, 0.5) is 5.82 Å². The van der Waals surface area contributed by atoms with Crippen molar-refractivity contribution in [2.75, 3.05) is 18.8 Å². The number of halogens is 1. The van der Waals surface area contributed by atoms with E-state index in [1.807, 2.05) is 35.2 Å². The first-order valence-electron chi connectivity index (χ1n) is 9.63. The molecule has 5 rings (SSSR count). The Morgan fingerprint density at radius 2 is 2.10 bits per heavy atom. The van der Waals surface area contributed by atoms with E-state index in [0.717, 1.165) is 38.1 Å². The van der Waals surface area contributed by atoms with Gasteiger partial charge in [0.05, 0.1) is 21.8 Å². The van der Waals surface area contributed by atoms with Gasteiger partial charge in [-0.05, 0) is 35.9 Å². The van der Waals surface area contributed by atoms with Gasteiger partial charge in [0.2, 0.25) is 5.91 Å². The predicted molar refractivity (Wildman–Crippen MR) is 119 cm³/mol. The van der Waals surface area contributed by atoms with Crippen LogP contribution in [0.3, 0.4) is 0 Å². The number of fused-ring (bicyclic) bond motifs is 2. The Morgan fingerprint density at radius 3 is 3.00 bits per heavy atom. The standard InChI is InChI=1S/C21H19ClN6OS/c22-19-4-3-18-16(27-19)8-13(30-18)9-17-21(29)28(6-5-24-17)10-12-1-2-14-15(7-12)25-11-26-20(14)23/h1-4,7-8,11,17,24H,5-6,9-10H2,(H2,23,25,26). The van der Waals surface area contributed by atoms with Gasteiger partial charge in [0.15, 0.2) is 0 Å². The molecule has 1 aliphatic heterocycles. The van der Waals surface area contributed by atoms with Gasteiger partial charge in [-0.15, -0.1) is 11.3 Å². The maximum Gasteiger partial charge on any atom is 0.240 e. The molecule has 0 saturated carbocycles. The summed E-state index contributed by atoms with van der Waals surface area (Å²) in [5, 5.41) is 4.66. The average Bonchev–Trinajstić information content (AvgIpc) is 3.12. The highest BCUT2D eigenvalue weighted by molar-refractivity contribution is 7.19. The number of rotatable bonds is 4. The highest BCUT2D eigenvalue weighted by atomic mass is 35.5. The van der Waals surface area contributed by atoms with Gasteiger partial charge in [0, 0.05) is 36.3 Å². The molecule has 4 heterocycles. The van der Waals surface area contributed by atoms with Crippen LogP contribution in [-0.4, -0.2) is 44.9 Å². The van der Waals surface area contributed by atoms with Crippen molar-refractivity contribution in [1.29, 1.82) is 0 Å². The monoisotopic (exact) mass is 438 g/mol. The number of aromatic nitrogens is 3. The lowest BCUT2D eigenvalue weighted by Gasteiger charge is -2.33. The van der Waals surface area contributed by atoms with Gasteiger partial charge < -0.3 is 16.0 Å². The first-order chi connectivity index (χ1) is 14.6. The number of benzene rings is 1. The number of nitrogens with zero attached hydrogens (tertiary/aromatic N) is 4. The molecule has 0 aliphatic carbocycles. The number of anilines is 1. The summed E-state index contributed by atoms with van der Waals surface area (Å²) in [6, 6.07) is 11.4. The lowest BCUT2D eigenvalue weighted by atomic mass is 10.1. The quantitative estimate of drug-likeness (QED) is 0.475. The van der Waals surface area contributed by atoms with E-state index in [9.17, 15) is 4.79 Å². The van der Waals surface area contributed by atoms with Crippen LogP contribution in [0.25, 0.3) is 21.1 Å². The second kappa shape index (κ2) is 7.79. The topological polar surface area (TPSA) is 97.0 Å². The summed E-state index contributed by atoms with van der Waals surface area (Å²) in [7, 11) is 0. The minimum absolute atomic E-state index is 0.104. The Bertz CT molecular complexity index is 1260. The van der Waals surface area contributed by atoms with Crippen LogP contribution in [-0.2, 0) is 17.8 Å². The zero-order chi connectivity index (χ0) is 20.7. The molecule has 1 aliphatic rings. The molecule has 1 amide bonds. The number of nitrogens with two attached hydrogens (primary N) is 1. The van der Waals surface area contributed by atoms with E-state index in [0.29, 0.717) is 30.5 Å². The van der Waals surface area contributed by atoms with E-state index in [1.165, 1.54) is 6.33 Å². The van der Waals surface area contributed by atoms with Crippen molar-refractivity contribution in [3.63, 3.8) is 0 Å². The highest BCUT2D eigenvalue weighted by Crippen LogP contribution is 2.27. The lowest BCUT2D eigenvalue weighted by molar-refractivity contribution is -0.136. The van der Waals surface area contributed by atoms with Crippen LogP contribution >= 0.6 is 22.9 Å². The molecule has 4 aromatic rings. The van der Waals surface area contributed by atoms with E-state index < -0.39 is 0 Å². The smallest absolute Gasteiger partial charge is 0.240 e. The zero-order valence-corrected chi connectivity index (χ0v) is 17.6. The first kappa shape index (κ1) is 19.2. The summed E-state index contributed by atoms with van der Waals surface area (Å²) in [5.74, 6) is 0.566. The zero-order valence-electron chi connectivity index (χ0n) is 16.0. The number of carbonyl (C=O) groups excluding carboxylic acids is 1. The molecule has 1 atom stereocenters. The number of nitrogens with one attached hydrogen (secondary N) is 1. The molecule has 1 fully saturated rings. The van der Waals surface area contributed by atoms with Gasteiger partial charge in [0.25, 0.3) is 0 Å². The van der Waals surface area contributed by atoms with E-state index in [1.54, 1.807) is 17.4 Å². The second-order valence-electron chi connectivity index (χ2n) is 7.31. The molecule has 1 unspecified atom stereocenters. The number of nitrogen functional groups attached to an aromatic ring is 1. The highest BCUT2D eigenvalue weighted by Gasteiger charge is 2.29. The van der Waals surface area contributed by atoms with Crippen LogP contribution in [0.15, 0.2) is 42.7 Å². The number of pyridine rings is 1. The summed E-state index contributed by atoms with van der Waals surface area (Å²) in [4.78, 5) is 28.8. The van der Waals surface area contributed by atoms with Crippen molar-refractivity contribution < 1.29 is 4.79 Å². The van der Waals surface area contributed by atoms with Crippen molar-refractivity contribution in [2.24, 2.45) is 0 Å². The summed E-state index contributed by atoms with van der Waals surface area (Å²) >= 11 is 7.64. The summed E-state index contributed by atoms with van der Waals surface area (Å²) < 4.78 is 1.08. The average molecular weight is 439 g/mol. The Morgan fingerprint density at radius 1 is 1.20 bits per heavy atom. The minimum Gasteiger partial charge on any atom is -0.383 e. The molecule has 1 saturated heterocycles. The molecular weight excluding hydrogens is 420 g/mol. The number of hydrogen-bond donors (Lipinski definition) is 2. The van der Waals surface area contributed by atoms with Crippen molar-refractivity contribution in [3.05, 3.63) is 58.3 Å². The maximum atomic E-state index is 13.1. The fourth-order valence-corrected chi connectivity index (χ4v) is 5.00. The second-order valence-corrected chi connectivity index (χ2v) is 8.87. The molecular formula is C21H19ClN6OS. The van der Waals surface area contributed by atoms with Gasteiger partial charge in [-0.25, -0.2) is 15.0 Å². The summed E-state index contributed by atoms with van der Waals surface area (Å²) in [6.45, 7) is 1.97. The third kappa shape index (κ3) is 3.69. The van der Waals surface area contributed by atoms with Crippen LogP contribution in [0.5, 0.6) is 0 Å². The largest absolute Gasteiger partial charge is 0.383 e. The van der Waals surface area contributed by atoms with E-state index in [4.69, 9.17) is 17.3 Å². The Balaban J connectivity index is 1.32. The van der Waals surface area contributed by atoms with E-state index in [2.05, 4.69) is 20.3 Å². The van der Waals surface area contributed by atoms with Crippen molar-refractivity contribution in [1.82, 2.24) is 25.2 Å². The van der Waals surface area contributed by atoms with Crippen LogP contribution in [0.1, 0.15) is 10.4 Å². The molecule has 0 bridgehead atoms. The molecule has 9 heteroatoms. The number of thiophene rings is 1. The summed E-state index contributed by atoms with van der Waals surface area (Å²) in [6.07, 6.45) is 2.09. The fourth-order valence-electron chi connectivity index (χ4n) is 3.80. The minimum atomic E-state index is -0.249. The Hall–Kier alpha value is -2.81. The van der Waals surface area contributed by atoms with Crippen molar-refractivity contribution in [2.45, 2.75) is 19.0 Å². The number of piperazine rings is 1. The normalized spacial score (nSPS) is 17.2. The van der Waals surface area contributed by atoms with Gasteiger partial charge in [-0.1, -0.05) is 17.7 Å². The SMILES string of the molecule is Nc1ncnc2cc(CN3CCNC(Cc4cc5nc(Cl)ccc5s4)C3=O)ccc12. The third-order valence-corrected chi connectivity index (χ3v) is 6.61. The van der Waals surface area contributed by atoms with Gasteiger partial charge in [-0.2, -0.15) is 0 Å². The molecule has 152 valence electrons. The number of amides is 1. The van der Waals surface area contributed by atoms with Gasteiger partial charge in [0.1, 0.15) is 17.3 Å². The van der Waals surface area contributed by atoms with Crippen LogP contribution in [0.2, 0.25) is 5.15 Å². The molecule has 3 aromatic heterocycles. The van der Waals surface area contributed by atoms with Crippen molar-refractivity contribution >= 4 is 55.8 Å². The van der Waals surface area contributed by atoms with E-state index in [-0.39, 0.29) is 11.9 Å². The van der Waals surface area contributed by atoms with Crippen LogP contribution < -0.4 is 11.1 Å². The number of carbonyl (C=O) groups is 1. The molecule has 30 heavy (non-hydrogen) atoms. The Labute approximate surface area is 181 Å². The molecule has 0 spiro atoms. The third-order valence-electron chi connectivity index (χ3n) is 5.28. The molecule has 1 aromatic carbocycles. The van der Waals surface area contributed by atoms with Crippen LogP contribution in [0, 0.1) is 0 Å².